The van der Waals surface area contributed by atoms with Gasteiger partial charge in [0.2, 0.25) is 15.9 Å². The number of hydrogen-bond acceptors (Lipinski definition) is 5. The van der Waals surface area contributed by atoms with E-state index >= 15 is 0 Å². The predicted octanol–water partition coefficient (Wildman–Crippen LogP) is 2.22. The molecule has 2 heterocycles. The van der Waals surface area contributed by atoms with E-state index in [1.54, 1.807) is 36.4 Å². The van der Waals surface area contributed by atoms with Crippen molar-refractivity contribution >= 4 is 33.2 Å². The van der Waals surface area contributed by atoms with Crippen LogP contribution in [-0.4, -0.2) is 50.3 Å². The van der Waals surface area contributed by atoms with E-state index in [1.165, 1.54) is 28.3 Å². The van der Waals surface area contributed by atoms with Crippen LogP contribution in [0.3, 0.4) is 0 Å². The van der Waals surface area contributed by atoms with Crippen LogP contribution in [-0.2, 0) is 19.6 Å². The summed E-state index contributed by atoms with van der Waals surface area (Å²) >= 11 is 0. The lowest BCUT2D eigenvalue weighted by Crippen LogP contribution is -2.48. The van der Waals surface area contributed by atoms with Gasteiger partial charge in [0, 0.05) is 25.7 Å². The van der Waals surface area contributed by atoms with E-state index in [-0.39, 0.29) is 17.3 Å². The number of sulfonamides is 1. The van der Waals surface area contributed by atoms with E-state index in [0.717, 1.165) is 12.8 Å². The first-order chi connectivity index (χ1) is 14.4. The van der Waals surface area contributed by atoms with Crippen LogP contribution >= 0.6 is 0 Å². The van der Waals surface area contributed by atoms with Crippen molar-refractivity contribution in [3.63, 3.8) is 0 Å². The molecule has 1 N–H and O–H groups in total. The fraction of sp³-hybridized carbons (Fsp3) is 0.333. The molecule has 8 nitrogen and oxygen atoms in total. The number of carbonyl (C=O) groups is 2. The number of hydrogen-bond donors (Lipinski definition) is 1. The number of rotatable bonds is 4. The molecule has 1 atom stereocenters. The summed E-state index contributed by atoms with van der Waals surface area (Å²) in [5.74, 6) is -0.196. The van der Waals surface area contributed by atoms with Crippen LogP contribution in [0.1, 0.15) is 19.8 Å². The third-order valence-corrected chi connectivity index (χ3v) is 7.15. The van der Waals surface area contributed by atoms with Crippen LogP contribution < -0.4 is 15.0 Å². The maximum atomic E-state index is 12.8. The Kier molecular flexibility index (Phi) is 5.48. The molecule has 2 amide bonds. The molecular weight excluding hydrogens is 406 g/mol. The summed E-state index contributed by atoms with van der Waals surface area (Å²) in [6.45, 7) is 2.53. The molecule has 0 radical (unpaired) electrons. The number of nitrogens with zero attached hydrogens (tertiary/aromatic N) is 2. The summed E-state index contributed by atoms with van der Waals surface area (Å²) in [5, 5.41) is 2.72. The van der Waals surface area contributed by atoms with Gasteiger partial charge in [-0.1, -0.05) is 18.2 Å². The molecule has 0 aliphatic carbocycles. The third-order valence-electron chi connectivity index (χ3n) is 5.25. The fourth-order valence-corrected chi connectivity index (χ4v) is 5.27. The highest BCUT2D eigenvalue weighted by atomic mass is 32.2. The standard InChI is InChI=1S/C21H23N3O5S/c1-15(25)24-14-20(29-19-10-3-2-9-18(19)24)21(26)22-16-7-6-8-17(13-16)30(27,28)23-11-4-5-12-23/h2-3,6-10,13,20H,4-5,11-12,14H2,1H3,(H,22,26). The minimum Gasteiger partial charge on any atom is -0.476 e. The molecule has 9 heteroatoms. The Morgan fingerprint density at radius 2 is 1.80 bits per heavy atom. The summed E-state index contributed by atoms with van der Waals surface area (Å²) in [4.78, 5) is 26.5. The molecule has 1 unspecified atom stereocenters. The highest BCUT2D eigenvalue weighted by Gasteiger charge is 2.33. The zero-order chi connectivity index (χ0) is 21.3. The van der Waals surface area contributed by atoms with Crippen LogP contribution in [0.4, 0.5) is 11.4 Å². The van der Waals surface area contributed by atoms with Crippen molar-refractivity contribution in [1.29, 1.82) is 0 Å². The number of ether oxygens (including phenoxy) is 1. The number of carbonyl (C=O) groups excluding carboxylic acids is 2. The number of para-hydroxylation sites is 2. The fourth-order valence-electron chi connectivity index (χ4n) is 3.70. The molecular formula is C21H23N3O5S. The highest BCUT2D eigenvalue weighted by molar-refractivity contribution is 7.89. The van der Waals surface area contributed by atoms with Gasteiger partial charge in [-0.25, -0.2) is 8.42 Å². The van der Waals surface area contributed by atoms with Gasteiger partial charge in [0.05, 0.1) is 17.1 Å². The third kappa shape index (κ3) is 3.90. The predicted molar refractivity (Wildman–Crippen MR) is 112 cm³/mol. The second-order valence-corrected chi connectivity index (χ2v) is 9.27. The first-order valence-electron chi connectivity index (χ1n) is 9.81. The van der Waals surface area contributed by atoms with Crippen LogP contribution in [0.2, 0.25) is 0 Å². The summed E-state index contributed by atoms with van der Waals surface area (Å²) in [5.41, 5.74) is 0.977. The van der Waals surface area contributed by atoms with E-state index in [2.05, 4.69) is 5.32 Å². The average Bonchev–Trinajstić information content (AvgIpc) is 3.29. The number of anilines is 2. The van der Waals surface area contributed by atoms with Gasteiger partial charge in [-0.2, -0.15) is 4.31 Å². The topological polar surface area (TPSA) is 96.0 Å². The molecule has 1 fully saturated rings. The van der Waals surface area contributed by atoms with Gasteiger partial charge < -0.3 is 15.0 Å². The van der Waals surface area contributed by atoms with E-state index in [1.807, 2.05) is 0 Å². The first-order valence-corrected chi connectivity index (χ1v) is 11.2. The maximum Gasteiger partial charge on any atom is 0.267 e. The molecule has 2 aliphatic rings. The number of benzene rings is 2. The van der Waals surface area contributed by atoms with Crippen molar-refractivity contribution in [2.45, 2.75) is 30.8 Å². The molecule has 0 bridgehead atoms. The van der Waals surface area contributed by atoms with E-state index in [9.17, 15) is 18.0 Å². The summed E-state index contributed by atoms with van der Waals surface area (Å²) < 4.78 is 32.8. The van der Waals surface area contributed by atoms with Crippen LogP contribution in [0.15, 0.2) is 53.4 Å². The average molecular weight is 429 g/mol. The van der Waals surface area contributed by atoms with Gasteiger partial charge in [-0.15, -0.1) is 0 Å². The Morgan fingerprint density at radius 3 is 2.53 bits per heavy atom. The Balaban J connectivity index is 1.53. The van der Waals surface area contributed by atoms with Crippen LogP contribution in [0, 0.1) is 0 Å². The van der Waals surface area contributed by atoms with Gasteiger partial charge in [-0.05, 0) is 43.2 Å². The van der Waals surface area contributed by atoms with Gasteiger partial charge >= 0.3 is 0 Å². The summed E-state index contributed by atoms with van der Waals surface area (Å²) in [6.07, 6.45) is 0.786. The Bertz CT molecular complexity index is 1080. The Hall–Kier alpha value is -2.91. The lowest BCUT2D eigenvalue weighted by Gasteiger charge is -2.33. The first kappa shape index (κ1) is 20.4. The minimum absolute atomic E-state index is 0.0734. The maximum absolute atomic E-state index is 12.8. The zero-order valence-corrected chi connectivity index (χ0v) is 17.4. The molecule has 2 aliphatic heterocycles. The molecule has 2 aromatic carbocycles. The van der Waals surface area contributed by atoms with E-state index < -0.39 is 22.0 Å². The SMILES string of the molecule is CC(=O)N1CC(C(=O)Nc2cccc(S(=O)(=O)N3CCCC3)c2)Oc2ccccc21. The smallest absolute Gasteiger partial charge is 0.267 e. The lowest BCUT2D eigenvalue weighted by atomic mass is 10.1. The molecule has 2 aromatic rings. The molecule has 30 heavy (non-hydrogen) atoms. The normalized spacial score (nSPS) is 19.1. The van der Waals surface area contributed by atoms with Gasteiger partial charge in [0.1, 0.15) is 5.75 Å². The Morgan fingerprint density at radius 1 is 1.07 bits per heavy atom. The van der Waals surface area contributed by atoms with Crippen molar-refractivity contribution < 1.29 is 22.7 Å². The number of fused-ring (bicyclic) bond motifs is 1. The Labute approximate surface area is 175 Å². The molecule has 0 spiro atoms. The quantitative estimate of drug-likeness (QED) is 0.804. The number of nitrogens with one attached hydrogen (secondary N) is 1. The zero-order valence-electron chi connectivity index (χ0n) is 16.6. The molecule has 158 valence electrons. The minimum atomic E-state index is -3.58. The molecule has 1 saturated heterocycles. The molecule has 0 aromatic heterocycles. The highest BCUT2D eigenvalue weighted by Crippen LogP contribution is 2.33. The van der Waals surface area contributed by atoms with Crippen molar-refractivity contribution in [3.05, 3.63) is 48.5 Å². The van der Waals surface area contributed by atoms with Gasteiger partial charge in [-0.3, -0.25) is 9.59 Å². The van der Waals surface area contributed by atoms with Crippen molar-refractivity contribution in [1.82, 2.24) is 4.31 Å². The largest absolute Gasteiger partial charge is 0.476 e. The van der Waals surface area contributed by atoms with Crippen molar-refractivity contribution in [3.8, 4) is 5.75 Å². The molecule has 0 saturated carbocycles. The van der Waals surface area contributed by atoms with Crippen molar-refractivity contribution in [2.75, 3.05) is 29.9 Å². The van der Waals surface area contributed by atoms with Crippen LogP contribution in [0.25, 0.3) is 0 Å². The molecule has 4 rings (SSSR count). The second-order valence-electron chi connectivity index (χ2n) is 7.33. The summed E-state index contributed by atoms with van der Waals surface area (Å²) in [7, 11) is -3.58. The van der Waals surface area contributed by atoms with E-state index in [4.69, 9.17) is 4.74 Å². The van der Waals surface area contributed by atoms with Crippen molar-refractivity contribution in [2.24, 2.45) is 0 Å². The van der Waals surface area contributed by atoms with Crippen LogP contribution in [0.5, 0.6) is 5.75 Å². The summed E-state index contributed by atoms with van der Waals surface area (Å²) in [6, 6.07) is 13.2. The van der Waals surface area contributed by atoms with Gasteiger partial charge in [0.15, 0.2) is 6.10 Å². The lowest BCUT2D eigenvalue weighted by molar-refractivity contribution is -0.123. The second kappa shape index (κ2) is 8.08. The van der Waals surface area contributed by atoms with Gasteiger partial charge in [0.25, 0.3) is 5.91 Å². The monoisotopic (exact) mass is 429 g/mol. The number of amides is 2. The van der Waals surface area contributed by atoms with E-state index in [0.29, 0.717) is 30.2 Å².